The lowest BCUT2D eigenvalue weighted by Gasteiger charge is -2.27. The van der Waals surface area contributed by atoms with E-state index in [1.54, 1.807) is 42.5 Å². The van der Waals surface area contributed by atoms with Crippen LogP contribution in [-0.2, 0) is 10.0 Å². The van der Waals surface area contributed by atoms with Gasteiger partial charge in [0.15, 0.2) is 0 Å². The van der Waals surface area contributed by atoms with Crippen molar-refractivity contribution in [2.45, 2.75) is 23.5 Å². The molecule has 2 unspecified atom stereocenters. The third-order valence-corrected chi connectivity index (χ3v) is 7.86. The number of rotatable bonds is 4. The molecule has 3 aromatic rings. The number of carbonyl (C=O) groups excluding carboxylic acids is 2. The molecule has 0 aliphatic carbocycles. The van der Waals surface area contributed by atoms with Crippen LogP contribution < -0.4 is 0 Å². The maximum Gasteiger partial charge on any atom is 0.261 e. The molecule has 2 aliphatic rings. The van der Waals surface area contributed by atoms with Gasteiger partial charge in [-0.3, -0.25) is 14.5 Å². The van der Waals surface area contributed by atoms with E-state index >= 15 is 0 Å². The Bertz CT molecular complexity index is 1290. The number of aliphatic hydroxyl groups excluding tert-OH is 1. The van der Waals surface area contributed by atoms with Gasteiger partial charge in [-0.15, -0.1) is 0 Å². The Morgan fingerprint density at radius 3 is 2.16 bits per heavy atom. The Balaban J connectivity index is 1.46. The van der Waals surface area contributed by atoms with Crippen molar-refractivity contribution in [1.29, 1.82) is 0 Å². The first-order valence-corrected chi connectivity index (χ1v) is 11.4. The van der Waals surface area contributed by atoms with Gasteiger partial charge in [0, 0.05) is 19.1 Å². The molecule has 1 saturated heterocycles. The van der Waals surface area contributed by atoms with Crippen molar-refractivity contribution in [2.75, 3.05) is 13.1 Å². The van der Waals surface area contributed by atoms with Gasteiger partial charge >= 0.3 is 0 Å². The summed E-state index contributed by atoms with van der Waals surface area (Å²) in [5.74, 6) is -0.880. The molecule has 0 bridgehead atoms. The van der Waals surface area contributed by atoms with Gasteiger partial charge in [-0.2, -0.15) is 4.31 Å². The summed E-state index contributed by atoms with van der Waals surface area (Å²) in [5.41, 5.74) is 0.630. The molecule has 7 nitrogen and oxygen atoms in total. The van der Waals surface area contributed by atoms with Gasteiger partial charge in [0.2, 0.25) is 10.0 Å². The van der Waals surface area contributed by atoms with E-state index in [1.165, 1.54) is 4.31 Å². The molecular weight excluding hydrogens is 416 g/mol. The van der Waals surface area contributed by atoms with Gasteiger partial charge in [0.05, 0.1) is 22.1 Å². The zero-order valence-corrected chi connectivity index (χ0v) is 17.3. The van der Waals surface area contributed by atoms with Gasteiger partial charge in [-0.1, -0.05) is 42.5 Å². The predicted octanol–water partition coefficient (Wildman–Crippen LogP) is 2.26. The molecule has 31 heavy (non-hydrogen) atoms. The number of nitrogens with zero attached hydrogens (tertiary/aromatic N) is 2. The number of imide groups is 1. The van der Waals surface area contributed by atoms with Gasteiger partial charge in [-0.25, -0.2) is 8.42 Å². The van der Waals surface area contributed by atoms with Crippen molar-refractivity contribution < 1.29 is 23.1 Å². The molecule has 1 fully saturated rings. The minimum absolute atomic E-state index is 0.0804. The quantitative estimate of drug-likeness (QED) is 0.633. The van der Waals surface area contributed by atoms with Crippen LogP contribution in [-0.4, -0.2) is 59.8 Å². The Kier molecular flexibility index (Phi) is 4.65. The normalized spacial score (nSPS) is 21.8. The molecule has 5 rings (SSSR count). The summed E-state index contributed by atoms with van der Waals surface area (Å²) in [7, 11) is -3.93. The monoisotopic (exact) mass is 436 g/mol. The Labute approximate surface area is 179 Å². The summed E-state index contributed by atoms with van der Waals surface area (Å²) in [6.07, 6.45) is -0.712. The third kappa shape index (κ3) is 3.23. The molecule has 2 atom stereocenters. The van der Waals surface area contributed by atoms with E-state index < -0.39 is 34.0 Å². The highest BCUT2D eigenvalue weighted by molar-refractivity contribution is 7.89. The number of aliphatic hydroxyl groups is 1. The summed E-state index contributed by atoms with van der Waals surface area (Å²) in [5, 5.41) is 12.0. The first kappa shape index (κ1) is 19.9. The average molecular weight is 436 g/mol. The standard InChI is InChI=1S/C23H20N2O5S/c26-18-12-17(13-24-22(27)20-7-3-4-8-21(20)23(24)28)25(14-18)31(29,30)19-10-9-15-5-1-2-6-16(15)11-19/h1-11,17-18,26H,12-14H2. The molecule has 158 valence electrons. The Hall–Kier alpha value is -3.07. The molecule has 1 N–H and O–H groups in total. The molecule has 3 aromatic carbocycles. The van der Waals surface area contributed by atoms with E-state index in [0.717, 1.165) is 15.7 Å². The van der Waals surface area contributed by atoms with Gasteiger partial charge < -0.3 is 5.11 Å². The summed E-state index contributed by atoms with van der Waals surface area (Å²) in [6.45, 7) is -0.181. The fourth-order valence-electron chi connectivity index (χ4n) is 4.40. The van der Waals surface area contributed by atoms with Gasteiger partial charge in [0.25, 0.3) is 11.8 Å². The zero-order chi connectivity index (χ0) is 21.8. The fourth-order valence-corrected chi connectivity index (χ4v) is 6.10. The molecule has 2 heterocycles. The van der Waals surface area contributed by atoms with Crippen LogP contribution in [0.4, 0.5) is 0 Å². The lowest BCUT2D eigenvalue weighted by Crippen LogP contribution is -2.45. The molecule has 0 spiro atoms. The second-order valence-electron chi connectivity index (χ2n) is 7.89. The number of benzene rings is 3. The summed E-state index contributed by atoms with van der Waals surface area (Å²) in [6, 6.07) is 18.2. The van der Waals surface area contributed by atoms with E-state index in [2.05, 4.69) is 0 Å². The largest absolute Gasteiger partial charge is 0.392 e. The molecular formula is C23H20N2O5S. The van der Waals surface area contributed by atoms with Crippen molar-refractivity contribution in [3.63, 3.8) is 0 Å². The maximum atomic E-state index is 13.4. The number of fused-ring (bicyclic) bond motifs is 2. The van der Waals surface area contributed by atoms with Gasteiger partial charge in [0.1, 0.15) is 0 Å². The summed E-state index contributed by atoms with van der Waals surface area (Å²) in [4.78, 5) is 26.6. The minimum Gasteiger partial charge on any atom is -0.392 e. The lowest BCUT2D eigenvalue weighted by molar-refractivity contribution is 0.0627. The number of hydrogen-bond donors (Lipinski definition) is 1. The topological polar surface area (TPSA) is 95.0 Å². The molecule has 0 saturated carbocycles. The molecule has 2 amide bonds. The predicted molar refractivity (Wildman–Crippen MR) is 114 cm³/mol. The van der Waals surface area contributed by atoms with Crippen LogP contribution in [0.5, 0.6) is 0 Å². The first-order valence-electron chi connectivity index (χ1n) is 10.0. The van der Waals surface area contributed by atoms with Crippen molar-refractivity contribution in [3.05, 3.63) is 77.9 Å². The second-order valence-corrected chi connectivity index (χ2v) is 9.78. The summed E-state index contributed by atoms with van der Waals surface area (Å²) >= 11 is 0. The number of β-amino-alcohol motifs (C(OH)–C–C–N with tert-alkyl or cyclic N) is 1. The van der Waals surface area contributed by atoms with Crippen molar-refractivity contribution >= 4 is 32.6 Å². The van der Waals surface area contributed by atoms with E-state index in [-0.39, 0.29) is 24.4 Å². The van der Waals surface area contributed by atoms with Gasteiger partial charge in [-0.05, 0) is 41.5 Å². The van der Waals surface area contributed by atoms with E-state index in [9.17, 15) is 23.1 Å². The average Bonchev–Trinajstić information content (AvgIpc) is 3.27. The van der Waals surface area contributed by atoms with Crippen molar-refractivity contribution in [2.24, 2.45) is 0 Å². The zero-order valence-electron chi connectivity index (χ0n) is 16.5. The van der Waals surface area contributed by atoms with E-state index in [4.69, 9.17) is 0 Å². The fraction of sp³-hybridized carbons (Fsp3) is 0.217. The van der Waals surface area contributed by atoms with Crippen LogP contribution in [0.1, 0.15) is 27.1 Å². The molecule has 8 heteroatoms. The number of amides is 2. The van der Waals surface area contributed by atoms with Crippen molar-refractivity contribution in [3.8, 4) is 0 Å². The number of hydrogen-bond acceptors (Lipinski definition) is 5. The first-order chi connectivity index (χ1) is 14.9. The van der Waals surface area contributed by atoms with Crippen LogP contribution in [0.15, 0.2) is 71.6 Å². The second kappa shape index (κ2) is 7.26. The SMILES string of the molecule is O=C1c2ccccc2C(=O)N1CC1CC(O)CN1S(=O)(=O)c1ccc2ccccc2c1. The Morgan fingerprint density at radius 1 is 0.871 bits per heavy atom. The lowest BCUT2D eigenvalue weighted by atomic mass is 10.1. The smallest absolute Gasteiger partial charge is 0.261 e. The van der Waals surface area contributed by atoms with Crippen LogP contribution >= 0.6 is 0 Å². The van der Waals surface area contributed by atoms with E-state index in [1.807, 2.05) is 24.3 Å². The highest BCUT2D eigenvalue weighted by atomic mass is 32.2. The highest BCUT2D eigenvalue weighted by Crippen LogP contribution is 2.31. The van der Waals surface area contributed by atoms with E-state index in [0.29, 0.717) is 11.1 Å². The van der Waals surface area contributed by atoms with Crippen LogP contribution in [0.3, 0.4) is 0 Å². The Morgan fingerprint density at radius 2 is 1.48 bits per heavy atom. The van der Waals surface area contributed by atoms with Crippen molar-refractivity contribution in [1.82, 2.24) is 9.21 Å². The van der Waals surface area contributed by atoms with Crippen LogP contribution in [0.2, 0.25) is 0 Å². The van der Waals surface area contributed by atoms with Crippen LogP contribution in [0.25, 0.3) is 10.8 Å². The molecule has 2 aliphatic heterocycles. The van der Waals surface area contributed by atoms with Crippen LogP contribution in [0, 0.1) is 0 Å². The number of carbonyl (C=O) groups is 2. The number of sulfonamides is 1. The molecule has 0 radical (unpaired) electrons. The highest BCUT2D eigenvalue weighted by Gasteiger charge is 2.44. The third-order valence-electron chi connectivity index (χ3n) is 5.94. The minimum atomic E-state index is -3.93. The maximum absolute atomic E-state index is 13.4. The molecule has 0 aromatic heterocycles. The summed E-state index contributed by atoms with van der Waals surface area (Å²) < 4.78 is 28.0.